The molecule has 1 aliphatic heterocycles. The molecule has 0 radical (unpaired) electrons. The van der Waals surface area contributed by atoms with Gasteiger partial charge in [0.05, 0.1) is 25.4 Å². The van der Waals surface area contributed by atoms with Crippen LogP contribution >= 0.6 is 24.0 Å². The monoisotopic (exact) mass is 528 g/mol. The van der Waals surface area contributed by atoms with E-state index in [1.807, 2.05) is 25.1 Å². The minimum absolute atomic E-state index is 0. The Labute approximate surface area is 194 Å². The number of hydrogen-bond acceptors (Lipinski definition) is 4. The molecule has 30 heavy (non-hydrogen) atoms. The number of aliphatic imine (C=N–C) groups is 1. The van der Waals surface area contributed by atoms with Crippen LogP contribution in [0.2, 0.25) is 0 Å². The van der Waals surface area contributed by atoms with Gasteiger partial charge in [0.25, 0.3) is 0 Å². The molecule has 0 saturated carbocycles. The zero-order valence-corrected chi connectivity index (χ0v) is 19.7. The van der Waals surface area contributed by atoms with E-state index in [-0.39, 0.29) is 42.4 Å². The number of aliphatic hydroxyl groups excluding tert-OH is 1. The van der Waals surface area contributed by atoms with Gasteiger partial charge in [-0.2, -0.15) is 0 Å². The van der Waals surface area contributed by atoms with Gasteiger partial charge >= 0.3 is 0 Å². The second kappa shape index (κ2) is 11.9. The van der Waals surface area contributed by atoms with Crippen molar-refractivity contribution in [1.29, 1.82) is 0 Å². The van der Waals surface area contributed by atoms with E-state index in [2.05, 4.69) is 26.6 Å². The first-order valence-corrected chi connectivity index (χ1v) is 9.97. The maximum absolute atomic E-state index is 13.1. The van der Waals surface area contributed by atoms with E-state index in [9.17, 15) is 9.50 Å². The number of ether oxygens (including phenoxy) is 1. The first-order valence-electron chi connectivity index (χ1n) is 9.97. The van der Waals surface area contributed by atoms with Crippen molar-refractivity contribution in [2.75, 3.05) is 38.2 Å². The fourth-order valence-electron chi connectivity index (χ4n) is 3.47. The van der Waals surface area contributed by atoms with Crippen LogP contribution in [0, 0.1) is 5.82 Å². The van der Waals surface area contributed by atoms with Crippen molar-refractivity contribution >= 4 is 35.6 Å². The third-order valence-corrected chi connectivity index (χ3v) is 4.98. The Morgan fingerprint density at radius 2 is 2.00 bits per heavy atom. The molecule has 0 aliphatic carbocycles. The van der Waals surface area contributed by atoms with E-state index in [1.54, 1.807) is 19.2 Å². The van der Waals surface area contributed by atoms with E-state index in [4.69, 9.17) is 4.74 Å². The van der Waals surface area contributed by atoms with Crippen molar-refractivity contribution in [3.05, 3.63) is 59.9 Å². The molecule has 0 aromatic heterocycles. The van der Waals surface area contributed by atoms with Crippen LogP contribution in [0.25, 0.3) is 0 Å². The van der Waals surface area contributed by atoms with Crippen LogP contribution in [0.3, 0.4) is 0 Å². The molecule has 1 aliphatic rings. The molecule has 2 unspecified atom stereocenters. The highest BCUT2D eigenvalue weighted by atomic mass is 127. The molecule has 2 aromatic carbocycles. The lowest BCUT2D eigenvalue weighted by atomic mass is 10.1. The highest BCUT2D eigenvalue weighted by Crippen LogP contribution is 2.30. The van der Waals surface area contributed by atoms with Crippen molar-refractivity contribution in [2.24, 2.45) is 4.99 Å². The molecule has 3 N–H and O–H groups in total. The predicted octanol–water partition coefficient (Wildman–Crippen LogP) is 3.32. The van der Waals surface area contributed by atoms with E-state index in [1.165, 1.54) is 12.1 Å². The van der Waals surface area contributed by atoms with Gasteiger partial charge < -0.3 is 25.4 Å². The van der Waals surface area contributed by atoms with Crippen LogP contribution in [0.5, 0.6) is 5.75 Å². The summed E-state index contributed by atoms with van der Waals surface area (Å²) < 4.78 is 18.5. The van der Waals surface area contributed by atoms with Crippen molar-refractivity contribution in [2.45, 2.75) is 25.5 Å². The number of aliphatic hydroxyl groups is 1. The number of rotatable bonds is 7. The van der Waals surface area contributed by atoms with Crippen LogP contribution in [0.15, 0.2) is 53.5 Å². The average molecular weight is 528 g/mol. The summed E-state index contributed by atoms with van der Waals surface area (Å²) in [5.74, 6) is 1.22. The molecule has 164 valence electrons. The maximum Gasteiger partial charge on any atom is 0.191 e. The maximum atomic E-state index is 13.1. The Hall–Kier alpha value is -2.07. The number of nitrogens with one attached hydrogen (secondary N) is 2. The summed E-state index contributed by atoms with van der Waals surface area (Å²) in [7, 11) is 1.69. The van der Waals surface area contributed by atoms with Gasteiger partial charge in [-0.1, -0.05) is 24.3 Å². The Kier molecular flexibility index (Phi) is 9.64. The van der Waals surface area contributed by atoms with Gasteiger partial charge in [0, 0.05) is 25.7 Å². The number of nitrogens with zero attached hydrogens (tertiary/aromatic N) is 2. The van der Waals surface area contributed by atoms with Gasteiger partial charge in [-0.25, -0.2) is 4.39 Å². The average Bonchev–Trinajstić information content (AvgIpc) is 3.20. The largest absolute Gasteiger partial charge is 0.495 e. The third-order valence-electron chi connectivity index (χ3n) is 4.98. The third kappa shape index (κ3) is 6.46. The Bertz CT molecular complexity index is 819. The lowest BCUT2D eigenvalue weighted by molar-refractivity contribution is 0.187. The van der Waals surface area contributed by atoms with E-state index >= 15 is 0 Å². The van der Waals surface area contributed by atoms with Crippen LogP contribution in [0.4, 0.5) is 10.1 Å². The lowest BCUT2D eigenvalue weighted by Crippen LogP contribution is -2.44. The smallest absolute Gasteiger partial charge is 0.191 e. The SMILES string of the molecule is CCNC(=NCC(O)c1ccc(F)cc1)NC1CCN(c2ccccc2OC)C1.I. The van der Waals surface area contributed by atoms with Gasteiger partial charge in [-0.15, -0.1) is 24.0 Å². The molecular weight excluding hydrogens is 498 g/mol. The minimum atomic E-state index is -0.778. The van der Waals surface area contributed by atoms with Crippen LogP contribution in [-0.4, -0.2) is 50.4 Å². The molecule has 0 bridgehead atoms. The lowest BCUT2D eigenvalue weighted by Gasteiger charge is -2.22. The Morgan fingerprint density at radius 3 is 2.70 bits per heavy atom. The summed E-state index contributed by atoms with van der Waals surface area (Å²) in [5.41, 5.74) is 1.74. The first-order chi connectivity index (χ1) is 14.1. The van der Waals surface area contributed by atoms with Crippen molar-refractivity contribution < 1.29 is 14.2 Å². The number of anilines is 1. The van der Waals surface area contributed by atoms with Crippen LogP contribution in [0.1, 0.15) is 25.0 Å². The van der Waals surface area contributed by atoms with Crippen molar-refractivity contribution in [3.63, 3.8) is 0 Å². The summed E-state index contributed by atoms with van der Waals surface area (Å²) in [6, 6.07) is 14.1. The number of methoxy groups -OCH3 is 1. The second-order valence-corrected chi connectivity index (χ2v) is 7.03. The standard InChI is InChI=1S/C22H29FN4O2.HI/c1-3-24-22(25-14-20(28)16-8-10-17(23)11-9-16)26-18-12-13-27(15-18)19-6-4-5-7-21(19)29-2;/h4-11,18,20,28H,3,12-15H2,1-2H3,(H2,24,25,26);1H. The van der Waals surface area contributed by atoms with Crippen molar-refractivity contribution in [1.82, 2.24) is 10.6 Å². The fourth-order valence-corrected chi connectivity index (χ4v) is 3.47. The van der Waals surface area contributed by atoms with Crippen LogP contribution in [-0.2, 0) is 0 Å². The van der Waals surface area contributed by atoms with E-state index in [0.29, 0.717) is 11.5 Å². The van der Waals surface area contributed by atoms with Crippen molar-refractivity contribution in [3.8, 4) is 5.75 Å². The summed E-state index contributed by atoms with van der Waals surface area (Å²) in [5, 5.41) is 17.0. The minimum Gasteiger partial charge on any atom is -0.495 e. The molecule has 3 rings (SSSR count). The quantitative estimate of drug-likeness (QED) is 0.293. The molecular formula is C22H30FIN4O2. The Morgan fingerprint density at radius 1 is 1.27 bits per heavy atom. The zero-order valence-electron chi connectivity index (χ0n) is 17.3. The molecule has 1 saturated heterocycles. The molecule has 6 nitrogen and oxygen atoms in total. The first kappa shape index (κ1) is 24.2. The summed E-state index contributed by atoms with van der Waals surface area (Å²) in [6.45, 7) is 4.69. The van der Waals surface area contributed by atoms with Gasteiger partial charge in [0.2, 0.25) is 0 Å². The van der Waals surface area contributed by atoms with Gasteiger partial charge in [0.1, 0.15) is 11.6 Å². The van der Waals surface area contributed by atoms with E-state index in [0.717, 1.165) is 37.5 Å². The highest BCUT2D eigenvalue weighted by Gasteiger charge is 2.25. The molecule has 0 amide bonds. The fraction of sp³-hybridized carbons (Fsp3) is 0.409. The highest BCUT2D eigenvalue weighted by molar-refractivity contribution is 14.0. The summed E-state index contributed by atoms with van der Waals surface area (Å²) >= 11 is 0. The molecule has 2 aromatic rings. The topological polar surface area (TPSA) is 69.1 Å². The molecule has 0 spiro atoms. The van der Waals surface area contributed by atoms with E-state index < -0.39 is 6.10 Å². The van der Waals surface area contributed by atoms with Crippen LogP contribution < -0.4 is 20.3 Å². The van der Waals surface area contributed by atoms with Gasteiger partial charge in [-0.05, 0) is 43.2 Å². The molecule has 1 fully saturated rings. The van der Waals surface area contributed by atoms with Gasteiger partial charge in [0.15, 0.2) is 5.96 Å². The molecule has 8 heteroatoms. The predicted molar refractivity (Wildman–Crippen MR) is 130 cm³/mol. The normalized spacial score (nSPS) is 17.3. The molecule has 2 atom stereocenters. The Balaban J connectivity index is 0.00000320. The second-order valence-electron chi connectivity index (χ2n) is 7.03. The number of benzene rings is 2. The number of guanidine groups is 1. The number of halogens is 2. The zero-order chi connectivity index (χ0) is 20.6. The van der Waals surface area contributed by atoms with Gasteiger partial charge in [-0.3, -0.25) is 4.99 Å². The summed E-state index contributed by atoms with van der Waals surface area (Å²) in [4.78, 5) is 6.81. The number of hydrogen-bond donors (Lipinski definition) is 3. The summed E-state index contributed by atoms with van der Waals surface area (Å²) in [6.07, 6.45) is 0.197. The number of para-hydroxylation sites is 2. The molecule has 1 heterocycles.